The molecule has 2 aromatic rings. The molecule has 0 aliphatic carbocycles. The van der Waals surface area contributed by atoms with Crippen molar-refractivity contribution in [2.75, 3.05) is 0 Å². The Labute approximate surface area is 137 Å². The fourth-order valence-electron chi connectivity index (χ4n) is 2.54. The Morgan fingerprint density at radius 2 is 1.87 bits per heavy atom. The molecule has 0 bridgehead atoms. The van der Waals surface area contributed by atoms with Gasteiger partial charge in [0.05, 0.1) is 6.54 Å². The van der Waals surface area contributed by atoms with E-state index in [0.717, 1.165) is 16.5 Å². The fraction of sp³-hybridized carbons (Fsp3) is 0.176. The Morgan fingerprint density at radius 1 is 1.13 bits per heavy atom. The highest BCUT2D eigenvalue weighted by atomic mass is 35.5. The maximum atomic E-state index is 13.1. The van der Waals surface area contributed by atoms with E-state index in [1.165, 1.54) is 12.1 Å². The van der Waals surface area contributed by atoms with Gasteiger partial charge in [-0.15, -0.1) is 0 Å². The second-order valence-electron chi connectivity index (χ2n) is 5.35. The molecule has 4 nitrogen and oxygen atoms in total. The minimum Gasteiger partial charge on any atom is -0.325 e. The molecule has 1 atom stereocenters. The van der Waals surface area contributed by atoms with E-state index >= 15 is 0 Å². The number of amides is 3. The highest BCUT2D eigenvalue weighted by Gasteiger charge is 2.37. The lowest BCUT2D eigenvalue weighted by Gasteiger charge is -2.14. The Bertz CT molecular complexity index is 752. The molecule has 1 aliphatic heterocycles. The predicted molar refractivity (Wildman–Crippen MR) is 84.4 cm³/mol. The van der Waals surface area contributed by atoms with E-state index in [2.05, 4.69) is 5.32 Å². The number of carbonyl (C=O) groups is 2. The molecule has 0 aromatic heterocycles. The molecule has 1 aliphatic rings. The lowest BCUT2D eigenvalue weighted by Crippen LogP contribution is -2.32. The first-order valence-electron chi connectivity index (χ1n) is 7.14. The minimum atomic E-state index is -0.593. The van der Waals surface area contributed by atoms with Crippen molar-refractivity contribution >= 4 is 23.5 Å². The monoisotopic (exact) mass is 332 g/mol. The van der Waals surface area contributed by atoms with E-state index in [0.29, 0.717) is 12.0 Å². The standard InChI is InChI=1S/C17H14ClFN2O2/c18-14-9-13(19)7-6-12(14)10-21-16(22)15(20-17(21)23)8-11-4-2-1-3-5-11/h1-7,9,15H,8,10H2,(H,20,23). The summed E-state index contributed by atoms with van der Waals surface area (Å²) in [5, 5.41) is 2.87. The lowest BCUT2D eigenvalue weighted by atomic mass is 10.1. The third kappa shape index (κ3) is 3.35. The smallest absolute Gasteiger partial charge is 0.325 e. The van der Waals surface area contributed by atoms with Gasteiger partial charge < -0.3 is 5.32 Å². The molecule has 3 rings (SSSR count). The van der Waals surface area contributed by atoms with Crippen molar-refractivity contribution in [3.63, 3.8) is 0 Å². The molecule has 1 saturated heterocycles. The largest absolute Gasteiger partial charge is 0.325 e. The topological polar surface area (TPSA) is 49.4 Å². The molecule has 1 fully saturated rings. The number of halogens is 2. The quantitative estimate of drug-likeness (QED) is 0.874. The molecule has 1 heterocycles. The number of urea groups is 1. The van der Waals surface area contributed by atoms with Crippen molar-refractivity contribution < 1.29 is 14.0 Å². The predicted octanol–water partition coefficient (Wildman–Crippen LogP) is 3.14. The van der Waals surface area contributed by atoms with Crippen molar-refractivity contribution in [3.8, 4) is 0 Å². The number of rotatable bonds is 4. The molecule has 0 saturated carbocycles. The van der Waals surface area contributed by atoms with Crippen LogP contribution in [0.5, 0.6) is 0 Å². The fourth-order valence-corrected chi connectivity index (χ4v) is 2.76. The first-order valence-corrected chi connectivity index (χ1v) is 7.52. The normalized spacial score (nSPS) is 17.5. The summed E-state index contributed by atoms with van der Waals surface area (Å²) in [5.74, 6) is -0.767. The van der Waals surface area contributed by atoms with Gasteiger partial charge in [-0.2, -0.15) is 0 Å². The van der Waals surface area contributed by atoms with Crippen LogP contribution in [-0.2, 0) is 17.8 Å². The molecule has 0 radical (unpaired) electrons. The van der Waals surface area contributed by atoms with Gasteiger partial charge in [0.1, 0.15) is 11.9 Å². The molecular weight excluding hydrogens is 319 g/mol. The lowest BCUT2D eigenvalue weighted by molar-refractivity contribution is -0.127. The minimum absolute atomic E-state index is 0.0229. The number of benzene rings is 2. The second kappa shape index (κ2) is 6.38. The van der Waals surface area contributed by atoms with Crippen LogP contribution in [0, 0.1) is 5.82 Å². The molecule has 0 spiro atoms. The van der Waals surface area contributed by atoms with Crippen LogP contribution in [0.2, 0.25) is 5.02 Å². The first-order chi connectivity index (χ1) is 11.0. The summed E-state index contributed by atoms with van der Waals surface area (Å²) in [6.45, 7) is 0.0229. The van der Waals surface area contributed by atoms with Crippen molar-refractivity contribution in [1.29, 1.82) is 0 Å². The Hall–Kier alpha value is -2.40. The van der Waals surface area contributed by atoms with Gasteiger partial charge in [-0.05, 0) is 23.3 Å². The van der Waals surface area contributed by atoms with Gasteiger partial charge in [-0.25, -0.2) is 9.18 Å². The summed E-state index contributed by atoms with van der Waals surface area (Å²) in [7, 11) is 0. The molecule has 2 aromatic carbocycles. The van der Waals surface area contributed by atoms with E-state index in [1.54, 1.807) is 0 Å². The number of imide groups is 1. The first kappa shape index (κ1) is 15.5. The van der Waals surface area contributed by atoms with Crippen LogP contribution in [0.1, 0.15) is 11.1 Å². The van der Waals surface area contributed by atoms with Gasteiger partial charge in [0.2, 0.25) is 0 Å². The molecule has 23 heavy (non-hydrogen) atoms. The third-order valence-electron chi connectivity index (χ3n) is 3.73. The van der Waals surface area contributed by atoms with E-state index in [4.69, 9.17) is 11.6 Å². The molecular formula is C17H14ClFN2O2. The van der Waals surface area contributed by atoms with Crippen LogP contribution >= 0.6 is 11.6 Å². The average Bonchev–Trinajstić information content (AvgIpc) is 2.78. The van der Waals surface area contributed by atoms with E-state index in [-0.39, 0.29) is 17.5 Å². The Balaban J connectivity index is 1.74. The number of hydrogen-bond acceptors (Lipinski definition) is 2. The van der Waals surface area contributed by atoms with Crippen LogP contribution < -0.4 is 5.32 Å². The Kier molecular flexibility index (Phi) is 4.30. The van der Waals surface area contributed by atoms with E-state index in [9.17, 15) is 14.0 Å². The zero-order valence-corrected chi connectivity index (χ0v) is 12.9. The summed E-state index contributed by atoms with van der Waals surface area (Å²) in [6, 6.07) is 12.3. The van der Waals surface area contributed by atoms with E-state index in [1.807, 2.05) is 30.3 Å². The number of nitrogens with zero attached hydrogens (tertiary/aromatic N) is 1. The summed E-state index contributed by atoms with van der Waals surface area (Å²) in [4.78, 5) is 25.6. The third-order valence-corrected chi connectivity index (χ3v) is 4.09. The SMILES string of the molecule is O=C1NC(Cc2ccccc2)C(=O)N1Cc1ccc(F)cc1Cl. The number of hydrogen-bond donors (Lipinski definition) is 1. The molecule has 118 valence electrons. The summed E-state index contributed by atoms with van der Waals surface area (Å²) >= 11 is 5.96. The molecule has 1 unspecified atom stereocenters. The van der Waals surface area contributed by atoms with Crippen LogP contribution in [0.15, 0.2) is 48.5 Å². The maximum Gasteiger partial charge on any atom is 0.325 e. The van der Waals surface area contributed by atoms with Crippen LogP contribution in [0.3, 0.4) is 0 Å². The summed E-state index contributed by atoms with van der Waals surface area (Å²) in [6.07, 6.45) is 0.430. The highest BCUT2D eigenvalue weighted by Crippen LogP contribution is 2.21. The highest BCUT2D eigenvalue weighted by molar-refractivity contribution is 6.31. The van der Waals surface area contributed by atoms with Gasteiger partial charge in [-0.3, -0.25) is 9.69 Å². The second-order valence-corrected chi connectivity index (χ2v) is 5.76. The maximum absolute atomic E-state index is 13.1. The van der Waals surface area contributed by atoms with Crippen molar-refractivity contribution in [1.82, 2.24) is 10.2 Å². The van der Waals surface area contributed by atoms with E-state index < -0.39 is 17.9 Å². The van der Waals surface area contributed by atoms with Crippen LogP contribution in [0.4, 0.5) is 9.18 Å². The van der Waals surface area contributed by atoms with Gasteiger partial charge in [-0.1, -0.05) is 48.0 Å². The molecule has 1 N–H and O–H groups in total. The van der Waals surface area contributed by atoms with Crippen LogP contribution in [0.25, 0.3) is 0 Å². The zero-order valence-electron chi connectivity index (χ0n) is 12.1. The van der Waals surface area contributed by atoms with Crippen molar-refractivity contribution in [2.24, 2.45) is 0 Å². The van der Waals surface area contributed by atoms with Gasteiger partial charge in [0, 0.05) is 11.4 Å². The van der Waals surface area contributed by atoms with Gasteiger partial charge >= 0.3 is 6.03 Å². The zero-order chi connectivity index (χ0) is 16.4. The Morgan fingerprint density at radius 3 is 2.57 bits per heavy atom. The van der Waals surface area contributed by atoms with Crippen LogP contribution in [-0.4, -0.2) is 22.9 Å². The van der Waals surface area contributed by atoms with Gasteiger partial charge in [0.15, 0.2) is 0 Å². The number of carbonyl (C=O) groups excluding carboxylic acids is 2. The molecule has 6 heteroatoms. The number of nitrogens with one attached hydrogen (secondary N) is 1. The van der Waals surface area contributed by atoms with Crippen molar-refractivity contribution in [3.05, 3.63) is 70.5 Å². The summed E-state index contributed by atoms with van der Waals surface area (Å²) in [5.41, 5.74) is 1.49. The summed E-state index contributed by atoms with van der Waals surface area (Å²) < 4.78 is 13.1. The van der Waals surface area contributed by atoms with Gasteiger partial charge in [0.25, 0.3) is 5.91 Å². The van der Waals surface area contributed by atoms with Crippen molar-refractivity contribution in [2.45, 2.75) is 19.0 Å². The molecule has 3 amide bonds. The average molecular weight is 333 g/mol.